The van der Waals surface area contributed by atoms with Gasteiger partial charge >= 0.3 is 0 Å². The van der Waals surface area contributed by atoms with Gasteiger partial charge in [0.25, 0.3) is 0 Å². The summed E-state index contributed by atoms with van der Waals surface area (Å²) in [5.41, 5.74) is 1.34. The first-order valence-electron chi connectivity index (χ1n) is 9.38. The Morgan fingerprint density at radius 3 is 2.33 bits per heavy atom. The first kappa shape index (κ1) is 23.3. The van der Waals surface area contributed by atoms with Gasteiger partial charge in [-0.25, -0.2) is 8.42 Å². The quantitative estimate of drug-likeness (QED) is 0.543. The molecule has 0 saturated carbocycles. The molecule has 2 rings (SSSR count). The highest BCUT2D eigenvalue weighted by molar-refractivity contribution is 7.92. The van der Waals surface area contributed by atoms with Gasteiger partial charge in [-0.1, -0.05) is 12.1 Å². The number of anilines is 1. The summed E-state index contributed by atoms with van der Waals surface area (Å²) >= 11 is 0. The SMILES string of the molecule is COc1cccc(CCCNC(=O)CN(c2cc(OC)ccc2OC)S(C)(=O)=O)c1. The number of sulfonamides is 1. The Hall–Kier alpha value is -2.94. The summed E-state index contributed by atoms with van der Waals surface area (Å²) in [4.78, 5) is 12.4. The van der Waals surface area contributed by atoms with Crippen LogP contribution in [0.2, 0.25) is 0 Å². The van der Waals surface area contributed by atoms with Crippen LogP contribution in [0, 0.1) is 0 Å². The average molecular weight is 437 g/mol. The van der Waals surface area contributed by atoms with Gasteiger partial charge in [-0.05, 0) is 42.7 Å². The number of hydrogen-bond acceptors (Lipinski definition) is 6. The van der Waals surface area contributed by atoms with E-state index in [1.807, 2.05) is 24.3 Å². The molecular weight excluding hydrogens is 408 g/mol. The number of ether oxygens (including phenoxy) is 3. The molecule has 0 saturated heterocycles. The summed E-state index contributed by atoms with van der Waals surface area (Å²) in [7, 11) is 0.799. The molecule has 8 nitrogen and oxygen atoms in total. The van der Waals surface area contributed by atoms with E-state index in [0.29, 0.717) is 24.5 Å². The molecule has 0 aliphatic heterocycles. The molecule has 2 aromatic carbocycles. The summed E-state index contributed by atoms with van der Waals surface area (Å²) in [5, 5.41) is 2.77. The lowest BCUT2D eigenvalue weighted by Gasteiger charge is -2.24. The molecule has 0 radical (unpaired) electrons. The van der Waals surface area contributed by atoms with Crippen LogP contribution in [-0.4, -0.2) is 55.0 Å². The van der Waals surface area contributed by atoms with E-state index in [1.54, 1.807) is 19.2 Å². The Morgan fingerprint density at radius 2 is 1.70 bits per heavy atom. The van der Waals surface area contributed by atoms with Crippen LogP contribution in [0.5, 0.6) is 17.2 Å². The third kappa shape index (κ3) is 6.55. The van der Waals surface area contributed by atoms with Gasteiger partial charge in [0, 0.05) is 12.6 Å². The van der Waals surface area contributed by atoms with E-state index >= 15 is 0 Å². The minimum atomic E-state index is -3.73. The molecule has 1 amide bonds. The van der Waals surface area contributed by atoms with Crippen molar-refractivity contribution in [2.75, 3.05) is 45.0 Å². The van der Waals surface area contributed by atoms with Crippen molar-refractivity contribution >= 4 is 21.6 Å². The third-order valence-corrected chi connectivity index (χ3v) is 5.57. The van der Waals surface area contributed by atoms with Gasteiger partial charge in [-0.2, -0.15) is 0 Å². The minimum absolute atomic E-state index is 0.242. The zero-order valence-corrected chi connectivity index (χ0v) is 18.5. The number of hydrogen-bond donors (Lipinski definition) is 1. The lowest BCUT2D eigenvalue weighted by atomic mass is 10.1. The van der Waals surface area contributed by atoms with Crippen LogP contribution >= 0.6 is 0 Å². The van der Waals surface area contributed by atoms with Crippen molar-refractivity contribution in [3.8, 4) is 17.2 Å². The lowest BCUT2D eigenvalue weighted by Crippen LogP contribution is -2.40. The predicted octanol–water partition coefficient (Wildman–Crippen LogP) is 2.23. The van der Waals surface area contributed by atoms with Gasteiger partial charge in [0.1, 0.15) is 23.8 Å². The maximum Gasteiger partial charge on any atom is 0.240 e. The van der Waals surface area contributed by atoms with Gasteiger partial charge in [-0.15, -0.1) is 0 Å². The summed E-state index contributed by atoms with van der Waals surface area (Å²) in [6.45, 7) is 0.0599. The fraction of sp³-hybridized carbons (Fsp3) is 0.381. The van der Waals surface area contributed by atoms with Crippen LogP contribution in [0.4, 0.5) is 5.69 Å². The number of benzene rings is 2. The normalized spacial score (nSPS) is 10.9. The highest BCUT2D eigenvalue weighted by atomic mass is 32.2. The number of amides is 1. The lowest BCUT2D eigenvalue weighted by molar-refractivity contribution is -0.119. The summed E-state index contributed by atoms with van der Waals surface area (Å²) in [6.07, 6.45) is 2.51. The zero-order valence-electron chi connectivity index (χ0n) is 17.7. The standard InChI is InChI=1S/C21H28N2O6S/c1-27-17-9-5-7-16(13-17)8-6-12-22-21(24)15-23(30(4,25)26)19-14-18(28-2)10-11-20(19)29-3/h5,7,9-11,13-14H,6,8,12,15H2,1-4H3,(H,22,24). The predicted molar refractivity (Wildman–Crippen MR) is 116 cm³/mol. The molecule has 0 aliphatic carbocycles. The van der Waals surface area contributed by atoms with Crippen LogP contribution in [0.15, 0.2) is 42.5 Å². The zero-order chi connectivity index (χ0) is 22.1. The Kier molecular flexibility index (Phi) is 8.35. The van der Waals surface area contributed by atoms with Crippen molar-refractivity contribution in [2.24, 2.45) is 0 Å². The molecule has 0 heterocycles. The number of rotatable bonds is 11. The smallest absolute Gasteiger partial charge is 0.240 e. The summed E-state index contributed by atoms with van der Waals surface area (Å²) in [6, 6.07) is 12.5. The molecule has 0 spiro atoms. The van der Waals surface area contributed by atoms with Crippen molar-refractivity contribution in [3.63, 3.8) is 0 Å². The Morgan fingerprint density at radius 1 is 1.00 bits per heavy atom. The molecule has 164 valence electrons. The third-order valence-electron chi connectivity index (χ3n) is 4.44. The van der Waals surface area contributed by atoms with Crippen LogP contribution in [0.3, 0.4) is 0 Å². The van der Waals surface area contributed by atoms with Gasteiger partial charge in [-0.3, -0.25) is 9.10 Å². The maximum absolute atomic E-state index is 12.4. The molecule has 0 aliphatic rings. The number of nitrogens with zero attached hydrogens (tertiary/aromatic N) is 1. The van der Waals surface area contributed by atoms with Crippen molar-refractivity contribution in [2.45, 2.75) is 12.8 Å². The molecule has 2 aromatic rings. The molecule has 0 bridgehead atoms. The first-order valence-corrected chi connectivity index (χ1v) is 11.2. The number of carbonyl (C=O) groups excluding carboxylic acids is 1. The molecule has 0 fully saturated rings. The summed E-state index contributed by atoms with van der Waals surface area (Å²) < 4.78 is 41.3. The van der Waals surface area contributed by atoms with Crippen LogP contribution < -0.4 is 23.8 Å². The van der Waals surface area contributed by atoms with Crippen LogP contribution in [0.1, 0.15) is 12.0 Å². The van der Waals surface area contributed by atoms with Crippen molar-refractivity contribution in [3.05, 3.63) is 48.0 Å². The van der Waals surface area contributed by atoms with Crippen molar-refractivity contribution < 1.29 is 27.4 Å². The van der Waals surface area contributed by atoms with Crippen molar-refractivity contribution in [1.82, 2.24) is 5.32 Å². The van der Waals surface area contributed by atoms with Gasteiger partial charge in [0.05, 0.1) is 33.3 Å². The monoisotopic (exact) mass is 436 g/mol. The molecule has 1 N–H and O–H groups in total. The largest absolute Gasteiger partial charge is 0.497 e. The fourth-order valence-electron chi connectivity index (χ4n) is 2.91. The van der Waals surface area contributed by atoms with Crippen LogP contribution in [0.25, 0.3) is 0 Å². The second-order valence-electron chi connectivity index (χ2n) is 6.61. The van der Waals surface area contributed by atoms with E-state index in [2.05, 4.69) is 5.32 Å². The Labute approximate surface area is 177 Å². The van der Waals surface area contributed by atoms with Gasteiger partial charge < -0.3 is 19.5 Å². The number of nitrogens with one attached hydrogen (secondary N) is 1. The van der Waals surface area contributed by atoms with E-state index < -0.39 is 15.9 Å². The number of methoxy groups -OCH3 is 3. The van der Waals surface area contributed by atoms with Gasteiger partial charge in [0.15, 0.2) is 0 Å². The Balaban J connectivity index is 2.01. The molecule has 30 heavy (non-hydrogen) atoms. The molecular formula is C21H28N2O6S. The summed E-state index contributed by atoms with van der Waals surface area (Å²) in [5.74, 6) is 1.16. The second-order valence-corrected chi connectivity index (χ2v) is 8.52. The Bertz CT molecular complexity index is 962. The van der Waals surface area contributed by atoms with E-state index in [1.165, 1.54) is 20.3 Å². The minimum Gasteiger partial charge on any atom is -0.497 e. The van der Waals surface area contributed by atoms with Gasteiger partial charge in [0.2, 0.25) is 15.9 Å². The van der Waals surface area contributed by atoms with E-state index in [0.717, 1.165) is 28.3 Å². The second kappa shape index (κ2) is 10.7. The fourth-order valence-corrected chi connectivity index (χ4v) is 3.76. The highest BCUT2D eigenvalue weighted by Crippen LogP contribution is 2.33. The van der Waals surface area contributed by atoms with E-state index in [9.17, 15) is 13.2 Å². The van der Waals surface area contributed by atoms with E-state index in [4.69, 9.17) is 14.2 Å². The topological polar surface area (TPSA) is 94.2 Å². The highest BCUT2D eigenvalue weighted by Gasteiger charge is 2.24. The van der Waals surface area contributed by atoms with E-state index in [-0.39, 0.29) is 12.2 Å². The first-order chi connectivity index (χ1) is 14.3. The number of carbonyl (C=O) groups is 1. The molecule has 0 atom stereocenters. The molecule has 0 aromatic heterocycles. The average Bonchev–Trinajstić information content (AvgIpc) is 2.74. The molecule has 0 unspecified atom stereocenters. The number of aryl methyl sites for hydroxylation is 1. The molecule has 9 heteroatoms. The maximum atomic E-state index is 12.4. The van der Waals surface area contributed by atoms with Crippen molar-refractivity contribution in [1.29, 1.82) is 0 Å². The van der Waals surface area contributed by atoms with Crippen LogP contribution in [-0.2, 0) is 21.2 Å².